The van der Waals surface area contributed by atoms with Crippen LogP contribution in [-0.2, 0) is 96.1 Å². The second kappa shape index (κ2) is 34.3. The molecular formula is C77H81N17O14. The zero-order valence-electron chi connectivity index (χ0n) is 58.1. The number of carbonyl (C=O) groups is 12. The van der Waals surface area contributed by atoms with Gasteiger partial charge in [-0.1, -0.05) is 103 Å². The van der Waals surface area contributed by atoms with Crippen LogP contribution in [0.2, 0.25) is 0 Å². The second-order valence-electron chi connectivity index (χ2n) is 26.5. The number of nitrogens with one attached hydrogen (secondary N) is 13. The van der Waals surface area contributed by atoms with E-state index in [0.29, 0.717) is 60.5 Å². The molecule has 558 valence electrons. The Hall–Kier alpha value is -13.6. The van der Waals surface area contributed by atoms with Crippen molar-refractivity contribution in [3.8, 4) is 5.75 Å². The number of fused-ring (bicyclic) bond motifs is 5. The van der Waals surface area contributed by atoms with Gasteiger partial charge in [0.15, 0.2) is 0 Å². The summed E-state index contributed by atoms with van der Waals surface area (Å²) in [6.45, 7) is 0. The highest BCUT2D eigenvalue weighted by Gasteiger charge is 2.38. The molecule has 0 saturated carbocycles. The van der Waals surface area contributed by atoms with Gasteiger partial charge in [0.25, 0.3) is 0 Å². The maximum atomic E-state index is 15.4. The Labute approximate surface area is 615 Å². The van der Waals surface area contributed by atoms with E-state index >= 15 is 24.0 Å². The Bertz CT molecular complexity index is 5190. The highest BCUT2D eigenvalue weighted by molar-refractivity contribution is 6.01. The minimum atomic E-state index is -1.92. The van der Waals surface area contributed by atoms with E-state index in [1.54, 1.807) is 110 Å². The monoisotopic (exact) mass is 1470 g/mol. The Morgan fingerprint density at radius 1 is 0.324 bits per heavy atom. The SMILES string of the molecule is NC(=O)CC[C@H](NC(=O)[C@H](Cc1c[nH]c2ccccc12)NC(=O)[C@H](Cc1c[nH]c2ccccc12)NC(=O)[C@H](CC(N)=O)NC(=O)[C@H](Cc1ccc(O)cc1)NC(=O)[C@H](Cc1c[nH]c2ccccc12)NC(=O)[C@@H](N)Cc1c[nH]c2ccccc12)C(=O)N[C@@H](CC(=O)O)C(=O)N[C@@H](Cc1c[nH]c2ccccc12)C(N)=O. The summed E-state index contributed by atoms with van der Waals surface area (Å²) in [5, 5.41) is 44.6. The van der Waals surface area contributed by atoms with Crippen molar-refractivity contribution in [2.75, 3.05) is 0 Å². The highest BCUT2D eigenvalue weighted by Crippen LogP contribution is 2.26. The molecule has 0 fully saturated rings. The molecule has 0 aliphatic carbocycles. The van der Waals surface area contributed by atoms with Crippen LogP contribution in [0.4, 0.5) is 0 Å². The number of carbonyl (C=O) groups excluding carboxylic acids is 11. The number of benzene rings is 6. The number of H-pyrrole nitrogens is 5. The van der Waals surface area contributed by atoms with Gasteiger partial charge in [-0.25, -0.2) is 0 Å². The number of aromatic hydroxyl groups is 1. The van der Waals surface area contributed by atoms with Crippen molar-refractivity contribution in [1.29, 1.82) is 0 Å². The minimum Gasteiger partial charge on any atom is -0.508 e. The summed E-state index contributed by atoms with van der Waals surface area (Å²) in [6, 6.07) is 26.7. The molecule has 0 aliphatic rings. The van der Waals surface area contributed by atoms with Crippen LogP contribution >= 0.6 is 0 Å². The molecule has 0 spiro atoms. The van der Waals surface area contributed by atoms with Gasteiger partial charge in [-0.2, -0.15) is 0 Å². The first-order chi connectivity index (χ1) is 51.9. The molecule has 0 bridgehead atoms. The fourth-order valence-corrected chi connectivity index (χ4v) is 13.2. The molecule has 11 rings (SSSR count). The zero-order valence-corrected chi connectivity index (χ0v) is 58.1. The van der Waals surface area contributed by atoms with Crippen LogP contribution in [0.3, 0.4) is 0 Å². The number of carboxylic acid groups (broad SMARTS) is 1. The van der Waals surface area contributed by atoms with Crippen LogP contribution in [-0.4, -0.2) is 160 Å². The number of aliphatic carboxylic acids is 1. The summed E-state index contributed by atoms with van der Waals surface area (Å²) < 4.78 is 0. The number of carboxylic acids is 1. The maximum absolute atomic E-state index is 15.4. The van der Waals surface area contributed by atoms with Crippen molar-refractivity contribution >= 4 is 125 Å². The van der Waals surface area contributed by atoms with Gasteiger partial charge in [0.1, 0.15) is 54.1 Å². The highest BCUT2D eigenvalue weighted by atomic mass is 16.4. The van der Waals surface area contributed by atoms with Crippen LogP contribution in [0.15, 0.2) is 177 Å². The van der Waals surface area contributed by atoms with Gasteiger partial charge >= 0.3 is 5.97 Å². The van der Waals surface area contributed by atoms with Crippen LogP contribution in [0, 0.1) is 0 Å². The van der Waals surface area contributed by atoms with Gasteiger partial charge in [-0.05, 0) is 88.7 Å². The lowest BCUT2D eigenvalue weighted by Crippen LogP contribution is -2.61. The Kier molecular flexibility index (Phi) is 24.0. The standard InChI is InChI=1S/C77H81N17O14/c78-52(28-41-35-82-53-16-6-1-11-47(41)53)70(101)89-61(30-43-37-84-55-18-8-3-13-49(43)55)74(105)90-60(27-40-21-23-46(95)24-22-40)72(103)93-64(33-67(80)97)76(107)92-63(32-45-39-86-57-20-10-5-15-51(45)57)75(106)91-62(31-44-38-85-56-19-9-4-14-50(44)56)73(104)87-58(25-26-66(79)96)71(102)94-65(34-68(98)99)77(108)88-59(69(81)100)29-42-36-83-54-17-7-2-12-48(42)54/h1-24,35-39,52,58-65,82-86,95H,25-34,78H2,(H2,79,96)(H2,80,97)(H2,81,100)(H,87,104)(H,88,108)(H,89,101)(H,90,105)(H,91,106)(H,92,107)(H,93,103)(H,94,102)(H,98,99)/t52-,58-,59-,60-,61-,62-,63-,64-,65-/m0/s1. The number of para-hydroxylation sites is 5. The Morgan fingerprint density at radius 3 is 0.963 bits per heavy atom. The summed E-state index contributed by atoms with van der Waals surface area (Å²) in [5.41, 5.74) is 30.4. The van der Waals surface area contributed by atoms with Crippen molar-refractivity contribution in [1.82, 2.24) is 67.5 Å². The number of hydrogen-bond donors (Lipinski definition) is 19. The molecule has 5 heterocycles. The summed E-state index contributed by atoms with van der Waals surface area (Å²) >= 11 is 0. The van der Waals surface area contributed by atoms with Crippen molar-refractivity contribution < 1.29 is 67.7 Å². The molecule has 0 aliphatic heterocycles. The lowest BCUT2D eigenvalue weighted by atomic mass is 10.00. The largest absolute Gasteiger partial charge is 0.508 e. The number of hydrogen-bond acceptors (Lipinski definition) is 14. The molecule has 31 heteroatoms. The number of nitrogens with two attached hydrogens (primary N) is 4. The molecule has 11 aromatic rings. The first kappa shape index (κ1) is 75.6. The van der Waals surface area contributed by atoms with E-state index in [1.807, 2.05) is 42.5 Å². The molecule has 5 aromatic heterocycles. The number of amides is 11. The normalized spacial score (nSPS) is 13.9. The Balaban J connectivity index is 0.866. The number of rotatable bonds is 36. The van der Waals surface area contributed by atoms with Crippen LogP contribution < -0.4 is 65.5 Å². The van der Waals surface area contributed by atoms with Crippen molar-refractivity contribution in [2.24, 2.45) is 22.9 Å². The van der Waals surface area contributed by atoms with Gasteiger partial charge in [0.05, 0.1) is 18.9 Å². The predicted octanol–water partition coefficient (Wildman–Crippen LogP) is 1.86. The van der Waals surface area contributed by atoms with Crippen LogP contribution in [0.5, 0.6) is 5.75 Å². The zero-order chi connectivity index (χ0) is 76.7. The summed E-state index contributed by atoms with van der Waals surface area (Å²) in [5.74, 6) is -13.0. The summed E-state index contributed by atoms with van der Waals surface area (Å²) in [4.78, 5) is 185. The van der Waals surface area contributed by atoms with E-state index in [1.165, 1.54) is 24.3 Å². The quantitative estimate of drug-likeness (QED) is 0.0267. The van der Waals surface area contributed by atoms with Crippen LogP contribution in [0.25, 0.3) is 54.5 Å². The Morgan fingerprint density at radius 2 is 0.611 bits per heavy atom. The van der Waals surface area contributed by atoms with Crippen molar-refractivity contribution in [3.05, 3.63) is 210 Å². The average Bonchev–Trinajstić information content (AvgIpc) is 1.66. The fourth-order valence-electron chi connectivity index (χ4n) is 13.2. The van der Waals surface area contributed by atoms with E-state index < -0.39 is 151 Å². The van der Waals surface area contributed by atoms with Gasteiger partial charge in [0, 0.05) is 124 Å². The smallest absolute Gasteiger partial charge is 0.305 e. The third-order valence-electron chi connectivity index (χ3n) is 18.8. The number of aromatic amines is 5. The molecule has 108 heavy (non-hydrogen) atoms. The average molecular weight is 1470 g/mol. The van der Waals surface area contributed by atoms with Crippen LogP contribution in [0.1, 0.15) is 59.1 Å². The number of phenols is 1. The summed E-state index contributed by atoms with van der Waals surface area (Å²) in [7, 11) is 0. The lowest BCUT2D eigenvalue weighted by Gasteiger charge is -2.28. The number of phenolic OH excluding ortho intramolecular Hbond substituents is 1. The number of aromatic nitrogens is 5. The topological polar surface area (TPSA) is 525 Å². The second-order valence-corrected chi connectivity index (χ2v) is 26.5. The van der Waals surface area contributed by atoms with E-state index in [9.17, 15) is 43.8 Å². The molecular weight excluding hydrogens is 1390 g/mol. The molecule has 31 nitrogen and oxygen atoms in total. The van der Waals surface area contributed by atoms with E-state index in [0.717, 1.165) is 27.4 Å². The van der Waals surface area contributed by atoms with E-state index in [2.05, 4.69) is 67.5 Å². The summed E-state index contributed by atoms with van der Waals surface area (Å²) in [6.07, 6.45) is 3.96. The molecule has 9 atom stereocenters. The van der Waals surface area contributed by atoms with Crippen molar-refractivity contribution in [3.63, 3.8) is 0 Å². The first-order valence-corrected chi connectivity index (χ1v) is 34.7. The third kappa shape index (κ3) is 19.0. The van der Waals surface area contributed by atoms with Gasteiger partial charge in [-0.15, -0.1) is 0 Å². The minimum absolute atomic E-state index is 0.0690. The van der Waals surface area contributed by atoms with E-state index in [4.69, 9.17) is 22.9 Å². The van der Waals surface area contributed by atoms with Gasteiger partial charge in [-0.3, -0.25) is 57.5 Å². The fraction of sp³-hybridized carbons (Fsp3) is 0.247. The molecule has 23 N–H and O–H groups in total. The maximum Gasteiger partial charge on any atom is 0.305 e. The molecule has 0 unspecified atom stereocenters. The molecule has 0 radical (unpaired) electrons. The van der Waals surface area contributed by atoms with E-state index in [-0.39, 0.29) is 44.3 Å². The molecule has 6 aromatic carbocycles. The first-order valence-electron chi connectivity index (χ1n) is 34.7. The predicted molar refractivity (Wildman–Crippen MR) is 399 cm³/mol. The third-order valence-corrected chi connectivity index (χ3v) is 18.8. The van der Waals surface area contributed by atoms with Crippen molar-refractivity contribution in [2.45, 2.75) is 119 Å². The molecule has 11 amide bonds. The lowest BCUT2D eigenvalue weighted by molar-refractivity contribution is -0.141. The van der Waals surface area contributed by atoms with Gasteiger partial charge in [0.2, 0.25) is 65.0 Å². The van der Waals surface area contributed by atoms with Gasteiger partial charge < -0.3 is 101 Å². The number of primary amides is 3. The molecule has 0 saturated heterocycles.